The predicted molar refractivity (Wildman–Crippen MR) is 138 cm³/mol. The number of aromatic nitrogens is 2. The monoisotopic (exact) mass is 549 g/mol. The summed E-state index contributed by atoms with van der Waals surface area (Å²) in [4.78, 5) is 14.9. The Morgan fingerprint density at radius 3 is 2.39 bits per heavy atom. The van der Waals surface area contributed by atoms with Crippen LogP contribution in [0.25, 0.3) is 16.9 Å². The Kier molecular flexibility index (Phi) is 6.89. The smallest absolute Gasteiger partial charge is 0.253 e. The highest BCUT2D eigenvalue weighted by Gasteiger charge is 2.40. The molecule has 1 fully saturated rings. The zero-order valence-electron chi connectivity index (χ0n) is 19.9. The highest BCUT2D eigenvalue weighted by molar-refractivity contribution is 9.10. The molecule has 36 heavy (non-hydrogen) atoms. The summed E-state index contributed by atoms with van der Waals surface area (Å²) in [6, 6.07) is 21.8. The molecule has 0 aliphatic carbocycles. The van der Waals surface area contributed by atoms with Gasteiger partial charge in [0.2, 0.25) is 0 Å². The number of hydrogen-bond acceptors (Lipinski definition) is 4. The van der Waals surface area contributed by atoms with E-state index in [-0.39, 0.29) is 11.7 Å². The third-order valence-corrected chi connectivity index (χ3v) is 6.79. The van der Waals surface area contributed by atoms with Crippen LogP contribution >= 0.6 is 15.9 Å². The largest absolute Gasteiger partial charge is 0.497 e. The molecule has 184 valence electrons. The fraction of sp³-hybridized carbons (Fsp3) is 0.214. The van der Waals surface area contributed by atoms with Gasteiger partial charge in [-0.2, -0.15) is 5.10 Å². The van der Waals surface area contributed by atoms with Gasteiger partial charge in [0, 0.05) is 28.3 Å². The molecular formula is C28H25BrFN3O3. The minimum Gasteiger partial charge on any atom is -0.497 e. The lowest BCUT2D eigenvalue weighted by Gasteiger charge is -2.23. The van der Waals surface area contributed by atoms with E-state index in [4.69, 9.17) is 14.6 Å². The van der Waals surface area contributed by atoms with Gasteiger partial charge in [-0.15, -0.1) is 0 Å². The Bertz CT molecular complexity index is 1350. The average molecular weight is 550 g/mol. The predicted octanol–water partition coefficient (Wildman–Crippen LogP) is 5.94. The number of ether oxygens (including phenoxy) is 2. The highest BCUT2D eigenvalue weighted by atomic mass is 79.9. The number of halogens is 2. The van der Waals surface area contributed by atoms with Crippen LogP contribution in [0.4, 0.5) is 4.39 Å². The molecule has 8 heteroatoms. The zero-order chi connectivity index (χ0) is 25.2. The van der Waals surface area contributed by atoms with Crippen LogP contribution in [-0.4, -0.2) is 40.3 Å². The van der Waals surface area contributed by atoms with Crippen molar-refractivity contribution in [2.24, 2.45) is 0 Å². The number of nitrogens with zero attached hydrogens (tertiary/aromatic N) is 3. The van der Waals surface area contributed by atoms with Crippen LogP contribution in [0, 0.1) is 5.82 Å². The second kappa shape index (κ2) is 10.2. The van der Waals surface area contributed by atoms with Gasteiger partial charge in [-0.3, -0.25) is 4.79 Å². The van der Waals surface area contributed by atoms with Gasteiger partial charge in [0.05, 0.1) is 12.8 Å². The van der Waals surface area contributed by atoms with E-state index in [1.54, 1.807) is 35.7 Å². The Morgan fingerprint density at radius 2 is 1.72 bits per heavy atom. The van der Waals surface area contributed by atoms with Crippen molar-refractivity contribution in [3.63, 3.8) is 0 Å². The Hall–Kier alpha value is -3.49. The molecule has 0 bridgehead atoms. The number of carbonyl (C=O) groups excluding carboxylic acids is 1. The number of hydrogen-bond donors (Lipinski definition) is 0. The van der Waals surface area contributed by atoms with Crippen LogP contribution in [0.15, 0.2) is 83.5 Å². The van der Waals surface area contributed by atoms with Crippen LogP contribution in [0.1, 0.15) is 24.3 Å². The molecule has 6 nitrogen and oxygen atoms in total. The molecule has 1 saturated heterocycles. The van der Waals surface area contributed by atoms with Crippen molar-refractivity contribution in [3.05, 3.63) is 100 Å². The minimum atomic E-state index is -0.616. The van der Waals surface area contributed by atoms with Gasteiger partial charge in [-0.25, -0.2) is 9.07 Å². The molecule has 1 aromatic heterocycles. The molecule has 0 unspecified atom stereocenters. The van der Waals surface area contributed by atoms with Gasteiger partial charge in [0.25, 0.3) is 5.91 Å². The third kappa shape index (κ3) is 4.92. The van der Waals surface area contributed by atoms with Crippen molar-refractivity contribution in [3.8, 4) is 22.7 Å². The van der Waals surface area contributed by atoms with Crippen molar-refractivity contribution in [1.82, 2.24) is 14.7 Å². The average Bonchev–Trinajstić information content (AvgIpc) is 3.45. The summed E-state index contributed by atoms with van der Waals surface area (Å²) in [5.41, 5.74) is 4.07. The van der Waals surface area contributed by atoms with Crippen LogP contribution in [0.2, 0.25) is 0 Å². The maximum Gasteiger partial charge on any atom is 0.253 e. The van der Waals surface area contributed by atoms with Crippen LogP contribution < -0.4 is 4.74 Å². The van der Waals surface area contributed by atoms with Gasteiger partial charge in [0.15, 0.2) is 6.23 Å². The second-order valence-corrected chi connectivity index (χ2v) is 9.54. The number of carbonyl (C=O) groups is 1. The molecule has 5 rings (SSSR count). The van der Waals surface area contributed by atoms with Crippen molar-refractivity contribution >= 4 is 21.8 Å². The topological polar surface area (TPSA) is 56.6 Å². The number of rotatable bonds is 7. The molecule has 1 amide bonds. The summed E-state index contributed by atoms with van der Waals surface area (Å²) in [6.07, 6.45) is 1.35. The second-order valence-electron chi connectivity index (χ2n) is 8.62. The van der Waals surface area contributed by atoms with Crippen LogP contribution in [-0.2, 0) is 16.0 Å². The van der Waals surface area contributed by atoms with Crippen molar-refractivity contribution in [1.29, 1.82) is 0 Å². The summed E-state index contributed by atoms with van der Waals surface area (Å²) in [7, 11) is 1.63. The fourth-order valence-electron chi connectivity index (χ4n) is 4.31. The number of amides is 1. The van der Waals surface area contributed by atoms with Crippen LogP contribution in [0.5, 0.6) is 5.75 Å². The van der Waals surface area contributed by atoms with E-state index in [2.05, 4.69) is 15.9 Å². The molecule has 2 atom stereocenters. The lowest BCUT2D eigenvalue weighted by molar-refractivity contribution is -0.130. The van der Waals surface area contributed by atoms with E-state index in [0.717, 1.165) is 32.6 Å². The summed E-state index contributed by atoms with van der Waals surface area (Å²) >= 11 is 3.46. The maximum absolute atomic E-state index is 13.7. The quantitative estimate of drug-likeness (QED) is 0.286. The van der Waals surface area contributed by atoms with E-state index in [0.29, 0.717) is 18.7 Å². The van der Waals surface area contributed by atoms with E-state index < -0.39 is 12.3 Å². The summed E-state index contributed by atoms with van der Waals surface area (Å²) < 4.78 is 27.8. The molecular weight excluding hydrogens is 525 g/mol. The van der Waals surface area contributed by atoms with Gasteiger partial charge in [-0.05, 0) is 79.6 Å². The molecule has 0 radical (unpaired) electrons. The summed E-state index contributed by atoms with van der Waals surface area (Å²) in [6.45, 7) is 2.24. The lowest BCUT2D eigenvalue weighted by atomic mass is 10.1. The number of methoxy groups -OCH3 is 1. The standard InChI is InChI=1S/C28H25BrFN3O3/c1-18-27(34)32(16-15-19-3-13-24(35-2)14-4-19)28(36-18)25-17-33(23-11-7-21(29)8-12-23)31-26(25)20-5-9-22(30)10-6-20/h3-14,17-18,28H,15-16H2,1-2H3/t18-,28+/m1/s1. The Labute approximate surface area is 217 Å². The first-order valence-electron chi connectivity index (χ1n) is 11.6. The molecule has 0 spiro atoms. The minimum absolute atomic E-state index is 0.0741. The lowest BCUT2D eigenvalue weighted by Crippen LogP contribution is -2.32. The maximum atomic E-state index is 13.7. The number of benzene rings is 3. The van der Waals surface area contributed by atoms with E-state index >= 15 is 0 Å². The first-order valence-corrected chi connectivity index (χ1v) is 12.4. The van der Waals surface area contributed by atoms with E-state index in [1.807, 2.05) is 54.7 Å². The Balaban J connectivity index is 1.51. The third-order valence-electron chi connectivity index (χ3n) is 6.26. The van der Waals surface area contributed by atoms with Gasteiger partial charge >= 0.3 is 0 Å². The molecule has 3 aromatic carbocycles. The highest BCUT2D eigenvalue weighted by Crippen LogP contribution is 2.37. The van der Waals surface area contributed by atoms with Crippen LogP contribution in [0.3, 0.4) is 0 Å². The van der Waals surface area contributed by atoms with Crippen molar-refractivity contribution in [2.45, 2.75) is 25.7 Å². The molecule has 2 heterocycles. The van der Waals surface area contributed by atoms with Crippen molar-refractivity contribution < 1.29 is 18.7 Å². The molecule has 1 aliphatic rings. The van der Waals surface area contributed by atoms with Gasteiger partial charge in [-0.1, -0.05) is 28.1 Å². The van der Waals surface area contributed by atoms with Crippen molar-refractivity contribution in [2.75, 3.05) is 13.7 Å². The zero-order valence-corrected chi connectivity index (χ0v) is 21.5. The molecule has 4 aromatic rings. The molecule has 0 N–H and O–H groups in total. The summed E-state index contributed by atoms with van der Waals surface area (Å²) in [5, 5.41) is 4.82. The van der Waals surface area contributed by atoms with E-state index in [1.165, 1.54) is 12.1 Å². The SMILES string of the molecule is COc1ccc(CCN2C(=O)[C@@H](C)O[C@H]2c2cn(-c3ccc(Br)cc3)nc2-c2ccc(F)cc2)cc1. The fourth-order valence-corrected chi connectivity index (χ4v) is 4.58. The molecule has 0 saturated carbocycles. The van der Waals surface area contributed by atoms with E-state index in [9.17, 15) is 9.18 Å². The van der Waals surface area contributed by atoms with Gasteiger partial charge in [0.1, 0.15) is 23.4 Å². The normalized spacial score (nSPS) is 17.6. The Morgan fingerprint density at radius 1 is 1.03 bits per heavy atom. The first kappa shape index (κ1) is 24.2. The van der Waals surface area contributed by atoms with Gasteiger partial charge < -0.3 is 14.4 Å². The first-order chi connectivity index (χ1) is 17.4. The summed E-state index contributed by atoms with van der Waals surface area (Å²) in [5.74, 6) is 0.389. The molecule has 1 aliphatic heterocycles.